The minimum atomic E-state index is -0.417. The molecule has 0 radical (unpaired) electrons. The zero-order chi connectivity index (χ0) is 20.6. The summed E-state index contributed by atoms with van der Waals surface area (Å²) in [6.45, 7) is 1.88. The molecule has 0 bridgehead atoms. The third-order valence-electron chi connectivity index (χ3n) is 4.32. The van der Waals surface area contributed by atoms with Crippen LogP contribution in [0.25, 0.3) is 6.08 Å². The van der Waals surface area contributed by atoms with Gasteiger partial charge >= 0.3 is 0 Å². The summed E-state index contributed by atoms with van der Waals surface area (Å²) >= 11 is 0. The fourth-order valence-electron chi connectivity index (χ4n) is 2.71. The van der Waals surface area contributed by atoms with Crippen LogP contribution in [-0.2, 0) is 4.79 Å². The van der Waals surface area contributed by atoms with Crippen molar-refractivity contribution < 1.29 is 18.7 Å². The van der Waals surface area contributed by atoms with Gasteiger partial charge in [0.25, 0.3) is 11.8 Å². The molecule has 1 heterocycles. The average molecular weight is 390 g/mol. The maximum atomic E-state index is 12.9. The van der Waals surface area contributed by atoms with Gasteiger partial charge in [-0.3, -0.25) is 9.59 Å². The third-order valence-corrected chi connectivity index (χ3v) is 4.32. The number of furan rings is 1. The van der Waals surface area contributed by atoms with Gasteiger partial charge in [-0.2, -0.15) is 0 Å². The number of benzene rings is 2. The molecule has 0 saturated carbocycles. The highest BCUT2D eigenvalue weighted by molar-refractivity contribution is 6.05. The van der Waals surface area contributed by atoms with Gasteiger partial charge in [-0.1, -0.05) is 30.3 Å². The Bertz CT molecular complexity index is 977. The molecule has 6 nitrogen and oxygen atoms in total. The van der Waals surface area contributed by atoms with Gasteiger partial charge in [0, 0.05) is 11.6 Å². The number of rotatable bonds is 7. The van der Waals surface area contributed by atoms with Crippen molar-refractivity contribution in [2.24, 2.45) is 0 Å². The Kier molecular flexibility index (Phi) is 6.47. The first-order valence-electron chi connectivity index (χ1n) is 9.13. The lowest BCUT2D eigenvalue weighted by atomic mass is 10.1. The third kappa shape index (κ3) is 5.35. The molecule has 0 saturated heterocycles. The van der Waals surface area contributed by atoms with Crippen molar-refractivity contribution in [2.45, 2.75) is 13.0 Å². The summed E-state index contributed by atoms with van der Waals surface area (Å²) < 4.78 is 10.4. The van der Waals surface area contributed by atoms with Crippen LogP contribution in [0.5, 0.6) is 5.75 Å². The molecule has 3 aromatic rings. The van der Waals surface area contributed by atoms with E-state index in [1.54, 1.807) is 43.5 Å². The summed E-state index contributed by atoms with van der Waals surface area (Å²) in [7, 11) is 1.55. The van der Waals surface area contributed by atoms with Crippen LogP contribution in [0.2, 0.25) is 0 Å². The van der Waals surface area contributed by atoms with Crippen molar-refractivity contribution in [1.82, 2.24) is 10.6 Å². The van der Waals surface area contributed by atoms with Crippen LogP contribution in [0.3, 0.4) is 0 Å². The van der Waals surface area contributed by atoms with E-state index in [9.17, 15) is 9.59 Å². The van der Waals surface area contributed by atoms with Gasteiger partial charge in [-0.15, -0.1) is 0 Å². The van der Waals surface area contributed by atoms with Gasteiger partial charge in [0.1, 0.15) is 17.2 Å². The SMILES string of the molecule is COc1ccc(C(=O)N/C(=C\c2ccco2)C(=O)N[C@@H](C)c2ccccc2)cc1. The zero-order valence-corrected chi connectivity index (χ0v) is 16.2. The van der Waals surface area contributed by atoms with Crippen molar-refractivity contribution >= 4 is 17.9 Å². The van der Waals surface area contributed by atoms with Crippen molar-refractivity contribution in [2.75, 3.05) is 7.11 Å². The van der Waals surface area contributed by atoms with E-state index in [4.69, 9.17) is 9.15 Å². The molecule has 1 aromatic heterocycles. The van der Waals surface area contributed by atoms with Gasteiger partial charge in [0.05, 0.1) is 19.4 Å². The second-order valence-corrected chi connectivity index (χ2v) is 6.36. The smallest absolute Gasteiger partial charge is 0.268 e. The summed E-state index contributed by atoms with van der Waals surface area (Å²) in [5.74, 6) is 0.271. The molecule has 2 aromatic carbocycles. The number of hydrogen-bond donors (Lipinski definition) is 2. The maximum absolute atomic E-state index is 12.9. The normalized spacial score (nSPS) is 12.1. The molecule has 0 aliphatic carbocycles. The minimum absolute atomic E-state index is 0.0866. The molecule has 148 valence electrons. The quantitative estimate of drug-likeness (QED) is 0.599. The molecule has 0 unspecified atom stereocenters. The highest BCUT2D eigenvalue weighted by atomic mass is 16.5. The largest absolute Gasteiger partial charge is 0.497 e. The highest BCUT2D eigenvalue weighted by Gasteiger charge is 2.18. The lowest BCUT2D eigenvalue weighted by Gasteiger charge is -2.16. The number of amides is 2. The molecule has 2 N–H and O–H groups in total. The van der Waals surface area contributed by atoms with Crippen molar-refractivity contribution in [3.05, 3.63) is 95.6 Å². The van der Waals surface area contributed by atoms with E-state index in [2.05, 4.69) is 10.6 Å². The summed E-state index contributed by atoms with van der Waals surface area (Å²) in [6, 6.07) is 19.4. The van der Waals surface area contributed by atoms with Crippen molar-refractivity contribution in [3.63, 3.8) is 0 Å². The van der Waals surface area contributed by atoms with Gasteiger partial charge in [-0.05, 0) is 48.9 Å². The summed E-state index contributed by atoms with van der Waals surface area (Å²) in [4.78, 5) is 25.5. The number of methoxy groups -OCH3 is 1. The molecule has 0 aliphatic heterocycles. The monoisotopic (exact) mass is 390 g/mol. The van der Waals surface area contributed by atoms with E-state index in [1.807, 2.05) is 37.3 Å². The molecular weight excluding hydrogens is 368 g/mol. The number of carbonyl (C=O) groups excluding carboxylic acids is 2. The van der Waals surface area contributed by atoms with E-state index in [0.29, 0.717) is 17.1 Å². The number of ether oxygens (including phenoxy) is 1. The maximum Gasteiger partial charge on any atom is 0.268 e. The second-order valence-electron chi connectivity index (χ2n) is 6.36. The van der Waals surface area contributed by atoms with E-state index in [0.717, 1.165) is 5.56 Å². The highest BCUT2D eigenvalue weighted by Crippen LogP contribution is 2.15. The van der Waals surface area contributed by atoms with Crippen molar-refractivity contribution in [1.29, 1.82) is 0 Å². The lowest BCUT2D eigenvalue weighted by Crippen LogP contribution is -2.36. The number of nitrogens with one attached hydrogen (secondary N) is 2. The first kappa shape index (κ1) is 19.9. The topological polar surface area (TPSA) is 80.6 Å². The Morgan fingerprint density at radius 2 is 1.72 bits per heavy atom. The molecule has 0 spiro atoms. The molecular formula is C23H22N2O4. The van der Waals surface area contributed by atoms with E-state index in [1.165, 1.54) is 12.3 Å². The first-order chi connectivity index (χ1) is 14.1. The molecule has 1 atom stereocenters. The van der Waals surface area contributed by atoms with Crippen LogP contribution in [0.15, 0.2) is 83.1 Å². The van der Waals surface area contributed by atoms with Gasteiger partial charge in [0.2, 0.25) is 0 Å². The summed E-state index contributed by atoms with van der Waals surface area (Å²) in [6.07, 6.45) is 2.99. The fourth-order valence-corrected chi connectivity index (χ4v) is 2.71. The molecule has 2 amide bonds. The fraction of sp³-hybridized carbons (Fsp3) is 0.130. The number of hydrogen-bond acceptors (Lipinski definition) is 4. The molecule has 29 heavy (non-hydrogen) atoms. The van der Waals surface area contributed by atoms with Gasteiger partial charge in [0.15, 0.2) is 0 Å². The molecule has 3 rings (SSSR count). The lowest BCUT2D eigenvalue weighted by molar-refractivity contribution is -0.118. The van der Waals surface area contributed by atoms with E-state index < -0.39 is 11.8 Å². The summed E-state index contributed by atoms with van der Waals surface area (Å²) in [5, 5.41) is 5.58. The Morgan fingerprint density at radius 1 is 1.00 bits per heavy atom. The Balaban J connectivity index is 1.79. The van der Waals surface area contributed by atoms with E-state index >= 15 is 0 Å². The Morgan fingerprint density at radius 3 is 2.34 bits per heavy atom. The minimum Gasteiger partial charge on any atom is -0.497 e. The van der Waals surface area contributed by atoms with Gasteiger partial charge < -0.3 is 19.8 Å². The van der Waals surface area contributed by atoms with Crippen LogP contribution in [0.1, 0.15) is 34.6 Å². The molecule has 0 aliphatic rings. The van der Waals surface area contributed by atoms with Crippen LogP contribution >= 0.6 is 0 Å². The first-order valence-corrected chi connectivity index (χ1v) is 9.13. The Hall–Kier alpha value is -3.80. The van der Waals surface area contributed by atoms with Crippen LogP contribution in [-0.4, -0.2) is 18.9 Å². The predicted molar refractivity (Wildman–Crippen MR) is 110 cm³/mol. The zero-order valence-electron chi connectivity index (χ0n) is 16.2. The van der Waals surface area contributed by atoms with Gasteiger partial charge in [-0.25, -0.2) is 0 Å². The Labute approximate surface area is 169 Å². The molecule has 6 heteroatoms. The number of carbonyl (C=O) groups is 2. The van der Waals surface area contributed by atoms with Crippen LogP contribution in [0, 0.1) is 0 Å². The standard InChI is InChI=1S/C23H22N2O4/c1-16(17-7-4-3-5-8-17)24-23(27)21(15-20-9-6-14-29-20)25-22(26)18-10-12-19(28-2)13-11-18/h3-16H,1-2H3,(H,24,27)(H,25,26)/b21-15-/t16-/m0/s1. The predicted octanol–water partition coefficient (Wildman–Crippen LogP) is 3.94. The summed E-state index contributed by atoms with van der Waals surface area (Å²) in [5.41, 5.74) is 1.45. The van der Waals surface area contributed by atoms with E-state index in [-0.39, 0.29) is 11.7 Å². The van der Waals surface area contributed by atoms with Crippen LogP contribution < -0.4 is 15.4 Å². The van der Waals surface area contributed by atoms with Crippen molar-refractivity contribution in [3.8, 4) is 5.75 Å². The molecule has 0 fully saturated rings. The van der Waals surface area contributed by atoms with Crippen LogP contribution in [0.4, 0.5) is 0 Å². The second kappa shape index (κ2) is 9.41. The average Bonchev–Trinajstić information content (AvgIpc) is 3.27.